The molecule has 3 fully saturated rings. The Hall–Kier alpha value is -2.81. The van der Waals surface area contributed by atoms with Crippen molar-refractivity contribution in [2.75, 3.05) is 6.61 Å². The third kappa shape index (κ3) is 4.39. The van der Waals surface area contributed by atoms with Gasteiger partial charge in [-0.3, -0.25) is 14.6 Å². The highest BCUT2D eigenvalue weighted by molar-refractivity contribution is 6.31. The Morgan fingerprint density at radius 1 is 1.19 bits per heavy atom. The minimum atomic E-state index is -4.45. The lowest BCUT2D eigenvalue weighted by atomic mass is 9.39. The number of carbonyl (C=O) groups excluding carboxylic acids is 2. The summed E-state index contributed by atoms with van der Waals surface area (Å²) in [4.78, 5) is 28.5. The van der Waals surface area contributed by atoms with Crippen LogP contribution >= 0.6 is 11.6 Å². The molecule has 6 nitrogen and oxygen atoms in total. The van der Waals surface area contributed by atoms with Gasteiger partial charge in [0.2, 0.25) is 5.91 Å². The fourth-order valence-electron chi connectivity index (χ4n) is 4.40. The Morgan fingerprint density at radius 2 is 1.91 bits per heavy atom. The number of nitrogens with one attached hydrogen (secondary N) is 2. The number of alkyl halides is 3. The van der Waals surface area contributed by atoms with Gasteiger partial charge >= 0.3 is 6.18 Å². The third-order valence-corrected chi connectivity index (χ3v) is 6.42. The third-order valence-electron chi connectivity index (χ3n) is 6.00. The minimum Gasteiger partial charge on any atom is -0.484 e. The normalized spacial score (nSPS) is 23.5. The topological polar surface area (TPSA) is 80.3 Å². The first-order chi connectivity index (χ1) is 15.0. The van der Waals surface area contributed by atoms with E-state index in [9.17, 15) is 22.8 Å². The van der Waals surface area contributed by atoms with E-state index in [1.807, 2.05) is 6.92 Å². The maximum atomic E-state index is 12.6. The van der Waals surface area contributed by atoms with Gasteiger partial charge in [0.25, 0.3) is 5.91 Å². The zero-order chi connectivity index (χ0) is 23.1. The number of hydrogen-bond donors (Lipinski definition) is 2. The summed E-state index contributed by atoms with van der Waals surface area (Å²) < 4.78 is 43.3. The summed E-state index contributed by atoms with van der Waals surface area (Å²) in [6.07, 6.45) is -2.12. The molecule has 2 amide bonds. The van der Waals surface area contributed by atoms with Crippen LogP contribution in [0.2, 0.25) is 5.02 Å². The number of halogens is 4. The molecule has 0 radical (unpaired) electrons. The van der Waals surface area contributed by atoms with Gasteiger partial charge < -0.3 is 15.4 Å². The number of hydrogen-bond acceptors (Lipinski definition) is 4. The molecule has 1 aromatic heterocycles. The van der Waals surface area contributed by atoms with Crippen molar-refractivity contribution < 1.29 is 27.5 Å². The highest BCUT2D eigenvalue weighted by Gasteiger charge is 2.72. The summed E-state index contributed by atoms with van der Waals surface area (Å²) in [5, 5.41) is 6.29. The number of rotatable bonds is 7. The van der Waals surface area contributed by atoms with E-state index in [0.29, 0.717) is 35.7 Å². The molecule has 170 valence electrons. The van der Waals surface area contributed by atoms with E-state index in [4.69, 9.17) is 16.3 Å². The fourth-order valence-corrected chi connectivity index (χ4v) is 4.52. The predicted molar refractivity (Wildman–Crippen MR) is 110 cm³/mol. The highest BCUT2D eigenvalue weighted by atomic mass is 35.5. The molecular formula is C22H21ClF3N3O3. The molecule has 1 heterocycles. The zero-order valence-corrected chi connectivity index (χ0v) is 17.9. The second kappa shape index (κ2) is 7.95. The molecule has 0 spiro atoms. The van der Waals surface area contributed by atoms with E-state index < -0.39 is 17.2 Å². The van der Waals surface area contributed by atoms with E-state index >= 15 is 0 Å². The molecule has 3 aliphatic carbocycles. The van der Waals surface area contributed by atoms with Gasteiger partial charge in [-0.15, -0.1) is 0 Å². The van der Waals surface area contributed by atoms with E-state index in [1.54, 1.807) is 18.2 Å². The molecule has 0 atom stereocenters. The summed E-state index contributed by atoms with van der Waals surface area (Å²) >= 11 is 5.97. The van der Waals surface area contributed by atoms with E-state index in [-0.39, 0.29) is 30.5 Å². The van der Waals surface area contributed by atoms with Crippen molar-refractivity contribution in [2.24, 2.45) is 5.41 Å². The number of pyridine rings is 1. The highest BCUT2D eigenvalue weighted by Crippen LogP contribution is 2.67. The lowest BCUT2D eigenvalue weighted by Crippen LogP contribution is -2.78. The maximum Gasteiger partial charge on any atom is 0.417 e. The number of carbonyl (C=O) groups is 2. The lowest BCUT2D eigenvalue weighted by molar-refractivity contribution is -0.184. The molecule has 5 rings (SSSR count). The van der Waals surface area contributed by atoms with E-state index in [0.717, 1.165) is 17.8 Å². The molecule has 32 heavy (non-hydrogen) atoms. The molecule has 2 aromatic rings. The van der Waals surface area contributed by atoms with Crippen molar-refractivity contribution in [1.82, 2.24) is 15.6 Å². The van der Waals surface area contributed by atoms with Crippen molar-refractivity contribution in [3.8, 4) is 5.75 Å². The van der Waals surface area contributed by atoms with Crippen molar-refractivity contribution in [2.45, 2.75) is 44.4 Å². The van der Waals surface area contributed by atoms with Crippen molar-refractivity contribution in [3.63, 3.8) is 0 Å². The molecule has 0 unspecified atom stereocenters. The molecule has 2 bridgehead atoms. The summed E-state index contributed by atoms with van der Waals surface area (Å²) in [6, 6.07) is 7.33. The Labute approximate surface area is 187 Å². The standard InChI is InChI=1S/C22H21ClF3N3O3/c1-13-6-16(4-5-17(13)23)32-9-18(30)29-21-10-20(11-21,12-21)19(31)28-8-15-3-2-14(7-27-15)22(24,25)26/h2-7H,8-12H2,1H3,(H,28,31)(H,29,30). The second-order valence-electron chi connectivity index (χ2n) is 8.56. The van der Waals surface area contributed by atoms with E-state index in [1.165, 1.54) is 6.07 Å². The fraction of sp³-hybridized carbons (Fsp3) is 0.409. The summed E-state index contributed by atoms with van der Waals surface area (Å²) in [6.45, 7) is 1.75. The van der Waals surface area contributed by atoms with Crippen LogP contribution in [0.1, 0.15) is 36.1 Å². The number of amides is 2. The molecule has 2 N–H and O–H groups in total. The number of benzene rings is 1. The first kappa shape index (κ1) is 22.4. The molecule has 3 aliphatic rings. The first-order valence-corrected chi connectivity index (χ1v) is 10.4. The zero-order valence-electron chi connectivity index (χ0n) is 17.2. The predicted octanol–water partition coefficient (Wildman–Crippen LogP) is 3.80. The monoisotopic (exact) mass is 467 g/mol. The summed E-state index contributed by atoms with van der Waals surface area (Å²) in [7, 11) is 0. The van der Waals surface area contributed by atoms with Gasteiger partial charge in [-0.25, -0.2) is 0 Å². The molecular weight excluding hydrogens is 447 g/mol. The van der Waals surface area contributed by atoms with Crippen molar-refractivity contribution in [3.05, 3.63) is 58.4 Å². The van der Waals surface area contributed by atoms with Crippen LogP contribution in [-0.4, -0.2) is 28.9 Å². The number of aromatic nitrogens is 1. The molecule has 0 aliphatic heterocycles. The van der Waals surface area contributed by atoms with Crippen molar-refractivity contribution >= 4 is 23.4 Å². The van der Waals surface area contributed by atoms with E-state index in [2.05, 4.69) is 15.6 Å². The number of ether oxygens (including phenoxy) is 1. The Kier molecular flexibility index (Phi) is 5.56. The minimum absolute atomic E-state index is 0.0480. The van der Waals surface area contributed by atoms with Gasteiger partial charge in [0.05, 0.1) is 23.2 Å². The molecule has 1 aromatic carbocycles. The van der Waals surface area contributed by atoms with Crippen molar-refractivity contribution in [1.29, 1.82) is 0 Å². The van der Waals surface area contributed by atoms with Crippen LogP contribution in [0.25, 0.3) is 0 Å². The average Bonchev–Trinajstić information content (AvgIpc) is 2.68. The summed E-state index contributed by atoms with van der Waals surface area (Å²) in [5.74, 6) is 0.107. The van der Waals surface area contributed by atoms with Crippen LogP contribution < -0.4 is 15.4 Å². The second-order valence-corrected chi connectivity index (χ2v) is 8.96. The lowest BCUT2D eigenvalue weighted by Gasteiger charge is -2.69. The van der Waals surface area contributed by atoms with Crippen LogP contribution in [0.15, 0.2) is 36.5 Å². The quantitative estimate of drug-likeness (QED) is 0.649. The van der Waals surface area contributed by atoms with Gasteiger partial charge in [-0.05, 0) is 62.1 Å². The van der Waals surface area contributed by atoms with Crippen LogP contribution in [0.5, 0.6) is 5.75 Å². The first-order valence-electron chi connectivity index (χ1n) is 10.0. The van der Waals surface area contributed by atoms with Gasteiger partial charge in [0.1, 0.15) is 5.75 Å². The molecule has 0 saturated heterocycles. The summed E-state index contributed by atoms with van der Waals surface area (Å²) in [5.41, 5.74) is -0.563. The van der Waals surface area contributed by atoms with Gasteiger partial charge in [-0.1, -0.05) is 11.6 Å². The Bertz CT molecular complexity index is 1040. The molecule has 10 heteroatoms. The van der Waals surface area contributed by atoms with Crippen LogP contribution in [0, 0.1) is 12.3 Å². The number of nitrogens with zero attached hydrogens (tertiary/aromatic N) is 1. The average molecular weight is 468 g/mol. The van der Waals surface area contributed by atoms with Gasteiger partial charge in [-0.2, -0.15) is 13.2 Å². The maximum absolute atomic E-state index is 12.6. The van der Waals surface area contributed by atoms with Crippen LogP contribution in [0.4, 0.5) is 13.2 Å². The van der Waals surface area contributed by atoms with Crippen LogP contribution in [-0.2, 0) is 22.3 Å². The van der Waals surface area contributed by atoms with Gasteiger partial charge in [0.15, 0.2) is 6.61 Å². The Morgan fingerprint density at radius 3 is 2.50 bits per heavy atom. The Balaban J connectivity index is 1.20. The molecule has 3 saturated carbocycles. The number of aryl methyl sites for hydroxylation is 1. The largest absolute Gasteiger partial charge is 0.484 e. The SMILES string of the molecule is Cc1cc(OCC(=O)NC23CC(C(=O)NCc4ccc(C(F)(F)F)cn4)(C2)C3)ccc1Cl. The smallest absolute Gasteiger partial charge is 0.417 e. The van der Waals surface area contributed by atoms with Gasteiger partial charge in [0, 0.05) is 16.8 Å². The van der Waals surface area contributed by atoms with Crippen LogP contribution in [0.3, 0.4) is 0 Å².